The molecule has 0 saturated heterocycles. The third kappa shape index (κ3) is 5.29. The standard InChI is InChI=1S/C17H20N4O6.C5H5N5S/c1-7-3-9-10(4-8(7)2)21(5-11(23)14(25)12(24)6-22)15-13(18-9)16(26)20-17(27)19-15;6-5-9-3-2(4(11)10-5)7-1-8-3/h3-4,11-12,14,22-25H,5-6H2,1-2H3,(H,20,26,27);1H,(H4,6,7,8,9,10,11)/t11-,12+,14-;/m0./s1. The van der Waals surface area contributed by atoms with Gasteiger partial charge >= 0.3 is 5.69 Å². The van der Waals surface area contributed by atoms with Crippen LogP contribution in [0.4, 0.5) is 5.95 Å². The number of hydrogen-bond acceptors (Lipinski definition) is 12. The Morgan fingerprint density at radius 1 is 1.05 bits per heavy atom. The zero-order valence-electron chi connectivity index (χ0n) is 20.2. The summed E-state index contributed by atoms with van der Waals surface area (Å²) in [5.41, 5.74) is 7.87. The van der Waals surface area contributed by atoms with Gasteiger partial charge in [-0.2, -0.15) is 4.98 Å². The molecule has 0 saturated carbocycles. The highest BCUT2D eigenvalue weighted by atomic mass is 32.1. The number of aryl methyl sites for hydroxylation is 2. The van der Waals surface area contributed by atoms with Crippen molar-refractivity contribution in [1.82, 2.24) is 39.5 Å². The van der Waals surface area contributed by atoms with Gasteiger partial charge in [0.15, 0.2) is 21.8 Å². The summed E-state index contributed by atoms with van der Waals surface area (Å²) in [5.74, 6) is 0.235. The number of aromatic amines is 3. The van der Waals surface area contributed by atoms with E-state index in [1.54, 1.807) is 12.1 Å². The molecule has 0 fully saturated rings. The van der Waals surface area contributed by atoms with Crippen molar-refractivity contribution in [3.8, 4) is 11.5 Å². The molecule has 0 unspecified atom stereocenters. The highest BCUT2D eigenvalue weighted by Gasteiger charge is 2.27. The minimum atomic E-state index is -1.64. The summed E-state index contributed by atoms with van der Waals surface area (Å²) in [4.78, 5) is 47.4. The molecule has 4 heterocycles. The summed E-state index contributed by atoms with van der Waals surface area (Å²) in [5, 5.41) is 38.8. The molecule has 3 atom stereocenters. The number of rotatable bonds is 5. The Labute approximate surface area is 218 Å². The molecule has 15 nitrogen and oxygen atoms in total. The number of aliphatic hydroxyl groups is 4. The van der Waals surface area contributed by atoms with Crippen molar-refractivity contribution in [2.75, 3.05) is 12.3 Å². The maximum Gasteiger partial charge on any atom is 0.349 e. The van der Waals surface area contributed by atoms with Crippen LogP contribution < -0.4 is 17.0 Å². The molecule has 5 rings (SSSR count). The lowest BCUT2D eigenvalue weighted by atomic mass is 10.1. The number of benzene rings is 1. The minimum Gasteiger partial charge on any atom is -0.394 e. The first kappa shape index (κ1) is 27.0. The van der Waals surface area contributed by atoms with E-state index >= 15 is 0 Å². The quantitative estimate of drug-likeness (QED) is 0.0969. The second-order valence-corrected chi connectivity index (χ2v) is 8.94. The number of nitrogens with one attached hydrogen (secondary N) is 3. The van der Waals surface area contributed by atoms with E-state index < -0.39 is 36.2 Å². The average molecular weight is 544 g/mol. The molecule has 1 aromatic carbocycles. The van der Waals surface area contributed by atoms with Crippen LogP contribution in [0.3, 0.4) is 0 Å². The molecular formula is C22H25N9O6S. The van der Waals surface area contributed by atoms with Crippen molar-refractivity contribution in [1.29, 1.82) is 0 Å². The van der Waals surface area contributed by atoms with E-state index in [0.29, 0.717) is 26.8 Å². The van der Waals surface area contributed by atoms with Crippen LogP contribution in [-0.4, -0.2) is 84.8 Å². The molecule has 2 aliphatic rings. The Bertz CT molecular complexity index is 1760. The van der Waals surface area contributed by atoms with E-state index in [-0.39, 0.29) is 24.0 Å². The summed E-state index contributed by atoms with van der Waals surface area (Å²) in [7, 11) is 0. The third-order valence-electron chi connectivity index (χ3n) is 5.89. The van der Waals surface area contributed by atoms with E-state index in [2.05, 4.69) is 34.9 Å². The smallest absolute Gasteiger partial charge is 0.349 e. The van der Waals surface area contributed by atoms with Crippen LogP contribution >= 0.6 is 12.2 Å². The van der Waals surface area contributed by atoms with Gasteiger partial charge in [0.2, 0.25) is 5.95 Å². The van der Waals surface area contributed by atoms with Crippen LogP contribution in [0, 0.1) is 18.5 Å². The van der Waals surface area contributed by atoms with Crippen molar-refractivity contribution in [3.63, 3.8) is 0 Å². The monoisotopic (exact) mass is 543 g/mol. The number of aliphatic hydroxyl groups excluding tert-OH is 4. The Hall–Kier alpha value is -4.09. The summed E-state index contributed by atoms with van der Waals surface area (Å²) >= 11 is 4.91. The van der Waals surface area contributed by atoms with Crippen molar-refractivity contribution in [3.05, 3.63) is 55.1 Å². The van der Waals surface area contributed by atoms with Crippen LogP contribution in [-0.2, 0) is 6.54 Å². The Balaban J connectivity index is 0.000000253. The average Bonchev–Trinajstić information content (AvgIpc) is 3.34. The summed E-state index contributed by atoms with van der Waals surface area (Å²) in [6.07, 6.45) is -3.14. The molecule has 16 heteroatoms. The number of fused-ring (bicyclic) bond motifs is 3. The fourth-order valence-electron chi connectivity index (χ4n) is 3.76. The number of imidazole rings is 1. The molecule has 0 bridgehead atoms. The first-order valence-electron chi connectivity index (χ1n) is 11.3. The lowest BCUT2D eigenvalue weighted by Gasteiger charge is -2.25. The van der Waals surface area contributed by atoms with Gasteiger partial charge in [-0.3, -0.25) is 9.78 Å². The van der Waals surface area contributed by atoms with Gasteiger partial charge in [-0.05, 0) is 37.1 Å². The van der Waals surface area contributed by atoms with Crippen LogP contribution in [0.25, 0.3) is 33.7 Å². The van der Waals surface area contributed by atoms with E-state index in [9.17, 15) is 24.9 Å². The van der Waals surface area contributed by atoms with Gasteiger partial charge in [0.25, 0.3) is 5.56 Å². The molecule has 0 aliphatic carbocycles. The number of H-pyrrole nitrogens is 3. The zero-order valence-corrected chi connectivity index (χ0v) is 21.0. The maximum absolute atomic E-state index is 12.2. The summed E-state index contributed by atoms with van der Waals surface area (Å²) in [6, 6.07) is 3.53. The third-order valence-corrected chi connectivity index (χ3v) is 6.19. The van der Waals surface area contributed by atoms with Crippen molar-refractivity contribution in [2.45, 2.75) is 38.7 Å². The van der Waals surface area contributed by atoms with E-state index in [4.69, 9.17) is 23.1 Å². The SMILES string of the molecule is Cc1cc2nc3c(=O)[nH]c(=O)nc-3n(C[C@H](O)[C@H](O)[C@H](O)CO)c2cc1C.Nc1nc(=S)c2[nH]cnc2[nH]1. The van der Waals surface area contributed by atoms with Gasteiger partial charge in [0.05, 0.1) is 30.5 Å². The number of nitrogens with two attached hydrogens (primary N) is 1. The predicted octanol–water partition coefficient (Wildman–Crippen LogP) is -1.13. The van der Waals surface area contributed by atoms with Crippen molar-refractivity contribution in [2.24, 2.45) is 0 Å². The Morgan fingerprint density at radius 3 is 2.47 bits per heavy atom. The first-order valence-corrected chi connectivity index (χ1v) is 11.7. The van der Waals surface area contributed by atoms with Crippen LogP contribution in [0.15, 0.2) is 28.0 Å². The van der Waals surface area contributed by atoms with Gasteiger partial charge in [-0.1, -0.05) is 12.2 Å². The van der Waals surface area contributed by atoms with Gasteiger partial charge in [0, 0.05) is 0 Å². The summed E-state index contributed by atoms with van der Waals surface area (Å²) < 4.78 is 1.84. The second kappa shape index (κ2) is 10.7. The highest BCUT2D eigenvalue weighted by molar-refractivity contribution is 7.71. The molecule has 3 aromatic rings. The molecule has 200 valence electrons. The Morgan fingerprint density at radius 2 is 1.76 bits per heavy atom. The number of nitrogen functional groups attached to an aromatic ring is 1. The molecule has 38 heavy (non-hydrogen) atoms. The molecule has 2 aromatic heterocycles. The van der Waals surface area contributed by atoms with Crippen LogP contribution in [0.1, 0.15) is 11.1 Å². The number of hydrogen-bond donors (Lipinski definition) is 8. The van der Waals surface area contributed by atoms with E-state index in [1.165, 1.54) is 10.9 Å². The normalized spacial score (nSPS) is 13.8. The Kier molecular flexibility index (Phi) is 7.61. The van der Waals surface area contributed by atoms with E-state index in [1.807, 2.05) is 13.8 Å². The predicted molar refractivity (Wildman–Crippen MR) is 139 cm³/mol. The van der Waals surface area contributed by atoms with Gasteiger partial charge < -0.3 is 40.7 Å². The largest absolute Gasteiger partial charge is 0.394 e. The molecule has 2 aliphatic heterocycles. The van der Waals surface area contributed by atoms with Crippen LogP contribution in [0.5, 0.6) is 0 Å². The molecular weight excluding hydrogens is 518 g/mol. The van der Waals surface area contributed by atoms with Crippen molar-refractivity contribution < 1.29 is 20.4 Å². The van der Waals surface area contributed by atoms with Gasteiger partial charge in [-0.15, -0.1) is 0 Å². The fraction of sp³-hybridized carbons (Fsp3) is 0.318. The highest BCUT2D eigenvalue weighted by Crippen LogP contribution is 2.24. The minimum absolute atomic E-state index is 0.0516. The number of anilines is 1. The lowest BCUT2D eigenvalue weighted by Crippen LogP contribution is -2.42. The molecule has 0 amide bonds. The summed E-state index contributed by atoms with van der Waals surface area (Å²) in [6.45, 7) is 2.73. The molecule has 0 spiro atoms. The lowest BCUT2D eigenvalue weighted by molar-refractivity contribution is -0.0802. The van der Waals surface area contributed by atoms with Crippen molar-refractivity contribution >= 4 is 40.4 Å². The van der Waals surface area contributed by atoms with Crippen LogP contribution in [0.2, 0.25) is 0 Å². The second-order valence-electron chi connectivity index (χ2n) is 8.55. The number of nitrogens with zero attached hydrogens (tertiary/aromatic N) is 5. The zero-order chi connectivity index (χ0) is 27.7. The fourth-order valence-corrected chi connectivity index (χ4v) is 4.01. The first-order chi connectivity index (χ1) is 18.0. The molecule has 0 radical (unpaired) electrons. The van der Waals surface area contributed by atoms with Gasteiger partial charge in [-0.25, -0.2) is 19.7 Å². The maximum atomic E-state index is 12.2. The van der Waals surface area contributed by atoms with E-state index in [0.717, 1.165) is 11.1 Å². The number of aromatic nitrogens is 8. The topological polar surface area (TPSA) is 245 Å². The van der Waals surface area contributed by atoms with Gasteiger partial charge in [0.1, 0.15) is 23.8 Å². The molecule has 9 N–H and O–H groups in total.